The summed E-state index contributed by atoms with van der Waals surface area (Å²) >= 11 is 0. The number of rotatable bonds is 14. The SMILES string of the molecule is Nc1ccc(N=Nc2ccc(S(N)(=O)=O)cc2)c2cc(S(=O)(=O)O)c(N=Nc3ccc(S(=O)(=O)c4ccc(N=Nc5c(S(=O)(=O)O)cc6c(N=Nc7ccc(S(N)(=O)=O)cc7)ccc(N)c6c5O)cc4)cc3)c(O)c12. The van der Waals surface area contributed by atoms with E-state index in [0.717, 1.165) is 36.4 Å². The Labute approximate surface area is 424 Å². The van der Waals surface area contributed by atoms with Gasteiger partial charge in [-0.3, -0.25) is 9.11 Å². The van der Waals surface area contributed by atoms with E-state index in [1.54, 1.807) is 0 Å². The molecule has 12 N–H and O–H groups in total. The second kappa shape index (κ2) is 19.7. The minimum atomic E-state index is -5.14. The van der Waals surface area contributed by atoms with E-state index in [0.29, 0.717) is 0 Å². The third-order valence-electron chi connectivity index (χ3n) is 10.7. The molecule has 0 amide bonds. The van der Waals surface area contributed by atoms with Gasteiger partial charge in [0, 0.05) is 22.1 Å². The van der Waals surface area contributed by atoms with Crippen LogP contribution < -0.4 is 21.7 Å². The van der Waals surface area contributed by atoms with Crippen molar-refractivity contribution in [1.29, 1.82) is 0 Å². The topological polar surface area (TPSA) is 455 Å². The number of hydrogen-bond acceptors (Lipinski definition) is 22. The summed E-state index contributed by atoms with van der Waals surface area (Å²) in [5.41, 5.74) is 10.8. The molecule has 0 atom stereocenters. The van der Waals surface area contributed by atoms with Crippen molar-refractivity contribution in [3.63, 3.8) is 0 Å². The van der Waals surface area contributed by atoms with Crippen LogP contribution in [0.25, 0.3) is 21.5 Å². The number of anilines is 2. The molecule has 8 aromatic carbocycles. The van der Waals surface area contributed by atoms with Gasteiger partial charge in [-0.05, 0) is 133 Å². The lowest BCUT2D eigenvalue weighted by atomic mass is 10.0. The monoisotopic (exact) mass is 1110 g/mol. The maximum absolute atomic E-state index is 13.7. The molecule has 75 heavy (non-hydrogen) atoms. The van der Waals surface area contributed by atoms with Gasteiger partial charge in [0.1, 0.15) is 21.2 Å². The highest BCUT2D eigenvalue weighted by Crippen LogP contribution is 2.48. The predicted molar refractivity (Wildman–Crippen MR) is 270 cm³/mol. The summed E-state index contributed by atoms with van der Waals surface area (Å²) in [6.07, 6.45) is 0. The molecular weight excluding hydrogens is 1080 g/mol. The fourth-order valence-corrected chi connectivity index (χ4v) is 10.7. The summed E-state index contributed by atoms with van der Waals surface area (Å²) in [4.78, 5) is -2.72. The maximum atomic E-state index is 13.7. The van der Waals surface area contributed by atoms with Crippen molar-refractivity contribution >= 4 is 129 Å². The van der Waals surface area contributed by atoms with Crippen molar-refractivity contribution in [2.75, 3.05) is 11.5 Å². The van der Waals surface area contributed by atoms with Crippen LogP contribution in [0.15, 0.2) is 204 Å². The van der Waals surface area contributed by atoms with E-state index in [-0.39, 0.29) is 86.6 Å². The van der Waals surface area contributed by atoms with Crippen LogP contribution in [0.5, 0.6) is 11.5 Å². The van der Waals surface area contributed by atoms with Gasteiger partial charge in [0.2, 0.25) is 29.9 Å². The summed E-state index contributed by atoms with van der Waals surface area (Å²) in [6, 6.07) is 26.5. The zero-order valence-electron chi connectivity index (χ0n) is 37.5. The number of phenols is 2. The smallest absolute Gasteiger partial charge is 0.296 e. The quantitative estimate of drug-likeness (QED) is 0.0286. The van der Waals surface area contributed by atoms with Crippen LogP contribution in [-0.2, 0) is 50.1 Å². The predicted octanol–water partition coefficient (Wildman–Crippen LogP) is 8.85. The third-order valence-corrected chi connectivity index (χ3v) is 16.1. The number of aromatic hydroxyl groups is 2. The van der Waals surface area contributed by atoms with E-state index in [9.17, 15) is 61.4 Å². The molecule has 0 spiro atoms. The Balaban J connectivity index is 1.04. The molecule has 31 heteroatoms. The molecule has 8 aromatic rings. The van der Waals surface area contributed by atoms with E-state index in [1.165, 1.54) is 97.1 Å². The largest absolute Gasteiger partial charge is 0.505 e. The number of fused-ring (bicyclic) bond motifs is 2. The number of sulfonamides is 2. The zero-order valence-corrected chi connectivity index (χ0v) is 41.6. The first-order valence-corrected chi connectivity index (χ1v) is 28.1. The molecule has 8 rings (SSSR count). The molecule has 0 aromatic heterocycles. The second-order valence-electron chi connectivity index (χ2n) is 15.7. The molecule has 0 aliphatic rings. The first-order valence-electron chi connectivity index (χ1n) is 20.6. The summed E-state index contributed by atoms with van der Waals surface area (Å²) in [6.45, 7) is 0. The van der Waals surface area contributed by atoms with E-state index in [4.69, 9.17) is 21.7 Å². The van der Waals surface area contributed by atoms with Crippen molar-refractivity contribution in [3.8, 4) is 11.5 Å². The molecule has 0 saturated carbocycles. The number of sulfone groups is 1. The fourth-order valence-electron chi connectivity index (χ4n) is 7.07. The van der Waals surface area contributed by atoms with Crippen molar-refractivity contribution in [1.82, 2.24) is 0 Å². The van der Waals surface area contributed by atoms with Crippen molar-refractivity contribution < 1.29 is 61.4 Å². The number of primary sulfonamides is 2. The summed E-state index contributed by atoms with van der Waals surface area (Å²) in [5.74, 6) is -1.66. The van der Waals surface area contributed by atoms with E-state index < -0.39 is 82.8 Å². The molecule has 0 unspecified atom stereocenters. The van der Waals surface area contributed by atoms with Crippen molar-refractivity contribution in [2.45, 2.75) is 29.4 Å². The zero-order chi connectivity index (χ0) is 54.4. The minimum Gasteiger partial charge on any atom is -0.505 e. The van der Waals surface area contributed by atoms with Crippen LogP contribution in [-0.4, -0.2) is 61.4 Å². The summed E-state index contributed by atoms with van der Waals surface area (Å²) in [7, 11) is -22.5. The Morgan fingerprint density at radius 3 is 0.920 bits per heavy atom. The second-order valence-corrected chi connectivity index (χ2v) is 23.5. The lowest BCUT2D eigenvalue weighted by Crippen LogP contribution is -2.11. The highest BCUT2D eigenvalue weighted by molar-refractivity contribution is 7.91. The normalized spacial score (nSPS) is 13.1. The highest BCUT2D eigenvalue weighted by Gasteiger charge is 2.27. The maximum Gasteiger partial charge on any atom is 0.296 e. The van der Waals surface area contributed by atoms with E-state index in [2.05, 4.69) is 40.9 Å². The van der Waals surface area contributed by atoms with Gasteiger partial charge >= 0.3 is 0 Å². The lowest BCUT2D eigenvalue weighted by Gasteiger charge is -2.12. The Kier molecular flexibility index (Phi) is 13.9. The lowest BCUT2D eigenvalue weighted by molar-refractivity contribution is 0.472. The van der Waals surface area contributed by atoms with Crippen LogP contribution in [0.4, 0.5) is 56.9 Å². The van der Waals surface area contributed by atoms with Gasteiger partial charge in [-0.15, -0.1) is 20.5 Å². The third kappa shape index (κ3) is 11.2. The van der Waals surface area contributed by atoms with Gasteiger partial charge in [-0.1, -0.05) is 0 Å². The van der Waals surface area contributed by atoms with Crippen LogP contribution in [0.1, 0.15) is 0 Å². The van der Waals surface area contributed by atoms with E-state index >= 15 is 0 Å². The Bertz CT molecular complexity index is 4100. The number of azo groups is 4. The number of nitrogens with zero attached hydrogens (tertiary/aromatic N) is 8. The highest BCUT2D eigenvalue weighted by atomic mass is 32.2. The average Bonchev–Trinajstić information content (AvgIpc) is 3.34. The molecule has 0 bridgehead atoms. The molecule has 384 valence electrons. The molecule has 26 nitrogen and oxygen atoms in total. The van der Waals surface area contributed by atoms with Crippen molar-refractivity contribution in [3.05, 3.63) is 133 Å². The molecular formula is C44H34N12O14S5. The van der Waals surface area contributed by atoms with Gasteiger partial charge in [0.15, 0.2) is 11.5 Å². The van der Waals surface area contributed by atoms with E-state index in [1.807, 2.05) is 0 Å². The first-order chi connectivity index (χ1) is 35.1. The molecule has 0 radical (unpaired) electrons. The van der Waals surface area contributed by atoms with Gasteiger partial charge < -0.3 is 21.7 Å². The minimum absolute atomic E-state index is 0.0361. The van der Waals surface area contributed by atoms with Crippen LogP contribution in [0.3, 0.4) is 0 Å². The Morgan fingerprint density at radius 1 is 0.360 bits per heavy atom. The Hall–Kier alpha value is -8.53. The standard InChI is InChI=1S/C44H34N12O14S5/c45-33-17-19-35(53-49-23-5-13-29(14-6-23)72(47,61)62)31-21-37(74(65,66)67)41(43(57)39(31)33)55-51-25-1-9-27(10-2-25)71(59,60)28-11-3-26(4-12-28)52-56-42-38(75(68,69)70)22-32-36(20-18-34(46)40(32)44(42)58)54-50-24-7-15-30(16-8-24)73(48,63)64/h1-22,57-58H,45-46H2,(H2,47,61,62)(H2,48,63,64)(H,65,66,67)(H,68,69,70). The molecule has 0 fully saturated rings. The van der Waals surface area contributed by atoms with Crippen LogP contribution in [0.2, 0.25) is 0 Å². The number of benzene rings is 8. The number of nitrogen functional groups attached to an aromatic ring is 2. The van der Waals surface area contributed by atoms with Gasteiger partial charge in [0.05, 0.1) is 64.5 Å². The van der Waals surface area contributed by atoms with Crippen molar-refractivity contribution in [2.24, 2.45) is 51.2 Å². The van der Waals surface area contributed by atoms with Gasteiger partial charge in [-0.2, -0.15) is 37.3 Å². The molecule has 0 aliphatic carbocycles. The molecule has 0 heterocycles. The molecule has 0 aliphatic heterocycles. The van der Waals surface area contributed by atoms with Crippen LogP contribution in [0, 0.1) is 0 Å². The number of hydrogen-bond donors (Lipinski definition) is 8. The van der Waals surface area contributed by atoms with Gasteiger partial charge in [-0.25, -0.2) is 35.5 Å². The summed E-state index contributed by atoms with van der Waals surface area (Å²) < 4.78 is 145. The fraction of sp³-hybridized carbons (Fsp3) is 0. The Morgan fingerprint density at radius 2 is 0.640 bits per heavy atom. The average molecular weight is 1120 g/mol. The number of phenolic OH excluding ortho intramolecular Hbond substituents is 2. The molecule has 0 saturated heterocycles. The first kappa shape index (κ1) is 52.8. The van der Waals surface area contributed by atoms with Gasteiger partial charge in [0.25, 0.3) is 20.2 Å². The summed E-state index contributed by atoms with van der Waals surface area (Å²) in [5, 5.41) is 64.2. The number of nitrogens with two attached hydrogens (primary N) is 4. The van der Waals surface area contributed by atoms with Crippen LogP contribution >= 0.6 is 0 Å².